The Balaban J connectivity index is 1.66. The molecule has 2 aliphatic rings. The van der Waals surface area contributed by atoms with Crippen molar-refractivity contribution in [3.05, 3.63) is 28.2 Å². The summed E-state index contributed by atoms with van der Waals surface area (Å²) < 4.78 is 7.05. The molecule has 1 unspecified atom stereocenters. The van der Waals surface area contributed by atoms with Gasteiger partial charge in [-0.15, -0.1) is 0 Å². The van der Waals surface area contributed by atoms with E-state index < -0.39 is 0 Å². The summed E-state index contributed by atoms with van der Waals surface area (Å²) in [6, 6.07) is 7.02. The minimum absolute atomic E-state index is 0.639. The van der Waals surface area contributed by atoms with E-state index in [-0.39, 0.29) is 0 Å². The second kappa shape index (κ2) is 5.62. The topological polar surface area (TPSA) is 21.3 Å². The molecule has 0 bridgehead atoms. The van der Waals surface area contributed by atoms with Crippen LogP contribution in [-0.2, 0) is 6.42 Å². The molecule has 0 amide bonds. The van der Waals surface area contributed by atoms with Crippen LogP contribution in [0, 0.1) is 5.92 Å². The molecule has 98 valence electrons. The van der Waals surface area contributed by atoms with Gasteiger partial charge in [0, 0.05) is 6.04 Å². The van der Waals surface area contributed by atoms with E-state index in [1.54, 1.807) is 0 Å². The van der Waals surface area contributed by atoms with Gasteiger partial charge in [0.05, 0.1) is 11.1 Å². The highest BCUT2D eigenvalue weighted by atomic mass is 79.9. The van der Waals surface area contributed by atoms with Crippen LogP contribution in [0.15, 0.2) is 22.7 Å². The minimum Gasteiger partial charge on any atom is -0.492 e. The fraction of sp³-hybridized carbons (Fsp3) is 0.600. The predicted molar refractivity (Wildman–Crippen MR) is 77.1 cm³/mol. The van der Waals surface area contributed by atoms with Gasteiger partial charge in [0.1, 0.15) is 5.75 Å². The first-order valence-corrected chi connectivity index (χ1v) is 7.76. The Labute approximate surface area is 117 Å². The van der Waals surface area contributed by atoms with Crippen LogP contribution >= 0.6 is 15.9 Å². The molecule has 1 aliphatic heterocycles. The predicted octanol–water partition coefficient (Wildman–Crippen LogP) is 3.53. The number of nitrogens with one attached hydrogen (secondary N) is 1. The van der Waals surface area contributed by atoms with Crippen molar-refractivity contribution in [1.29, 1.82) is 0 Å². The molecule has 18 heavy (non-hydrogen) atoms. The van der Waals surface area contributed by atoms with Crippen LogP contribution in [0.5, 0.6) is 5.75 Å². The molecule has 0 radical (unpaired) electrons. The van der Waals surface area contributed by atoms with Gasteiger partial charge in [-0.3, -0.25) is 0 Å². The van der Waals surface area contributed by atoms with Crippen LogP contribution in [-0.4, -0.2) is 19.2 Å². The smallest absolute Gasteiger partial charge is 0.133 e. The maximum absolute atomic E-state index is 5.90. The molecular weight excluding hydrogens is 290 g/mol. The van der Waals surface area contributed by atoms with Crippen molar-refractivity contribution in [3.63, 3.8) is 0 Å². The number of hydrogen-bond acceptors (Lipinski definition) is 2. The monoisotopic (exact) mass is 309 g/mol. The standard InChI is InChI=1S/C15H20BrNO/c16-15-12(9-13-4-2-8-17-13)3-1-5-14(15)18-10-11-6-7-11/h1,3,5,11,13,17H,2,4,6-10H2. The van der Waals surface area contributed by atoms with Gasteiger partial charge >= 0.3 is 0 Å². The van der Waals surface area contributed by atoms with Gasteiger partial charge in [-0.1, -0.05) is 12.1 Å². The molecule has 1 aromatic carbocycles. The molecule has 1 N–H and O–H groups in total. The van der Waals surface area contributed by atoms with Gasteiger partial charge < -0.3 is 10.1 Å². The van der Waals surface area contributed by atoms with Crippen molar-refractivity contribution in [1.82, 2.24) is 5.32 Å². The Bertz CT molecular complexity index is 411. The van der Waals surface area contributed by atoms with Crippen LogP contribution in [0.3, 0.4) is 0 Å². The molecule has 1 aliphatic carbocycles. The fourth-order valence-electron chi connectivity index (χ4n) is 2.51. The number of rotatable bonds is 5. The molecule has 2 nitrogen and oxygen atoms in total. The third-order valence-electron chi connectivity index (χ3n) is 3.84. The van der Waals surface area contributed by atoms with E-state index in [1.165, 1.54) is 37.8 Å². The van der Waals surface area contributed by atoms with E-state index in [0.29, 0.717) is 6.04 Å². The maximum atomic E-state index is 5.90. The lowest BCUT2D eigenvalue weighted by Crippen LogP contribution is -2.23. The summed E-state index contributed by atoms with van der Waals surface area (Å²) in [6.45, 7) is 2.05. The lowest BCUT2D eigenvalue weighted by atomic mass is 10.0. The molecule has 1 heterocycles. The van der Waals surface area contributed by atoms with Crippen LogP contribution in [0.25, 0.3) is 0 Å². The summed E-state index contributed by atoms with van der Waals surface area (Å²) in [7, 11) is 0. The number of ether oxygens (including phenoxy) is 1. The van der Waals surface area contributed by atoms with Crippen molar-refractivity contribution < 1.29 is 4.74 Å². The molecule has 0 aromatic heterocycles. The molecule has 1 atom stereocenters. The Kier molecular flexibility index (Phi) is 3.90. The van der Waals surface area contributed by atoms with Gasteiger partial charge in [-0.25, -0.2) is 0 Å². The van der Waals surface area contributed by atoms with Crippen molar-refractivity contribution in [3.8, 4) is 5.75 Å². The van der Waals surface area contributed by atoms with Crippen molar-refractivity contribution >= 4 is 15.9 Å². The third kappa shape index (κ3) is 3.07. The van der Waals surface area contributed by atoms with Crippen LogP contribution in [0.2, 0.25) is 0 Å². The Morgan fingerprint density at radius 3 is 2.89 bits per heavy atom. The zero-order chi connectivity index (χ0) is 12.4. The second-order valence-corrected chi connectivity index (χ2v) is 6.27. The van der Waals surface area contributed by atoms with Crippen LogP contribution in [0.4, 0.5) is 0 Å². The van der Waals surface area contributed by atoms with Gasteiger partial charge in [0.15, 0.2) is 0 Å². The molecule has 1 saturated carbocycles. The minimum atomic E-state index is 0.639. The van der Waals surface area contributed by atoms with E-state index in [4.69, 9.17) is 4.74 Å². The first-order valence-electron chi connectivity index (χ1n) is 6.96. The highest BCUT2D eigenvalue weighted by Gasteiger charge is 2.23. The molecule has 3 rings (SSSR count). The van der Waals surface area contributed by atoms with Gasteiger partial charge in [-0.2, -0.15) is 0 Å². The first-order chi connectivity index (χ1) is 8.83. The summed E-state index contributed by atoms with van der Waals surface area (Å²) in [4.78, 5) is 0. The highest BCUT2D eigenvalue weighted by Crippen LogP contribution is 2.34. The number of halogens is 1. The van der Waals surface area contributed by atoms with Crippen LogP contribution in [0.1, 0.15) is 31.2 Å². The molecule has 1 saturated heterocycles. The normalized spacial score (nSPS) is 23.3. The SMILES string of the molecule is Brc1c(CC2CCCN2)cccc1OCC1CC1. The lowest BCUT2D eigenvalue weighted by Gasteiger charge is -2.14. The van der Waals surface area contributed by atoms with E-state index in [9.17, 15) is 0 Å². The van der Waals surface area contributed by atoms with E-state index in [2.05, 4.69) is 39.4 Å². The zero-order valence-corrected chi connectivity index (χ0v) is 12.2. The summed E-state index contributed by atoms with van der Waals surface area (Å²) in [5.41, 5.74) is 1.36. The quantitative estimate of drug-likeness (QED) is 0.898. The van der Waals surface area contributed by atoms with Gasteiger partial charge in [0.2, 0.25) is 0 Å². The molecular formula is C15H20BrNO. The first kappa shape index (κ1) is 12.5. The largest absolute Gasteiger partial charge is 0.492 e. The number of benzene rings is 1. The molecule has 2 fully saturated rings. The van der Waals surface area contributed by atoms with E-state index >= 15 is 0 Å². The second-order valence-electron chi connectivity index (χ2n) is 5.48. The lowest BCUT2D eigenvalue weighted by molar-refractivity contribution is 0.297. The average Bonchev–Trinajstić information content (AvgIpc) is 3.07. The fourth-order valence-corrected chi connectivity index (χ4v) is 3.05. The van der Waals surface area contributed by atoms with Gasteiger partial charge in [-0.05, 0) is 72.1 Å². The van der Waals surface area contributed by atoms with Crippen molar-refractivity contribution in [2.24, 2.45) is 5.92 Å². The summed E-state index contributed by atoms with van der Waals surface area (Å²) in [6.07, 6.45) is 6.37. The Morgan fingerprint density at radius 1 is 1.28 bits per heavy atom. The van der Waals surface area contributed by atoms with Gasteiger partial charge in [0.25, 0.3) is 0 Å². The highest BCUT2D eigenvalue weighted by molar-refractivity contribution is 9.10. The Morgan fingerprint density at radius 2 is 2.17 bits per heavy atom. The van der Waals surface area contributed by atoms with E-state index in [0.717, 1.165) is 29.2 Å². The van der Waals surface area contributed by atoms with E-state index in [1.807, 2.05) is 0 Å². The molecule has 3 heteroatoms. The zero-order valence-electron chi connectivity index (χ0n) is 10.6. The third-order valence-corrected chi connectivity index (χ3v) is 4.74. The van der Waals surface area contributed by atoms with Crippen molar-refractivity contribution in [2.45, 2.75) is 38.1 Å². The summed E-state index contributed by atoms with van der Waals surface area (Å²) in [5, 5.41) is 3.55. The molecule has 1 aromatic rings. The number of hydrogen-bond donors (Lipinski definition) is 1. The average molecular weight is 310 g/mol. The molecule has 0 spiro atoms. The maximum Gasteiger partial charge on any atom is 0.133 e. The summed E-state index contributed by atoms with van der Waals surface area (Å²) >= 11 is 3.71. The summed E-state index contributed by atoms with van der Waals surface area (Å²) in [5.74, 6) is 1.81. The Hall–Kier alpha value is -0.540. The van der Waals surface area contributed by atoms with Crippen LogP contribution < -0.4 is 10.1 Å². The van der Waals surface area contributed by atoms with Crippen molar-refractivity contribution in [2.75, 3.05) is 13.2 Å².